The molecule has 0 aliphatic rings. The number of nitrogens with one attached hydrogen (secondary N) is 1. The van der Waals surface area contributed by atoms with Crippen molar-refractivity contribution in [1.29, 1.82) is 0 Å². The van der Waals surface area contributed by atoms with E-state index in [4.69, 9.17) is 17.3 Å². The van der Waals surface area contributed by atoms with Gasteiger partial charge in [-0.05, 0) is 45.8 Å². The number of primary amides is 1. The molecule has 0 bridgehead atoms. The van der Waals surface area contributed by atoms with E-state index in [0.717, 1.165) is 15.7 Å². The second-order valence-corrected chi connectivity index (χ2v) is 5.28. The third-order valence-corrected chi connectivity index (χ3v) is 3.86. The summed E-state index contributed by atoms with van der Waals surface area (Å²) in [7, 11) is 0. The van der Waals surface area contributed by atoms with Gasteiger partial charge in [0.15, 0.2) is 0 Å². The Kier molecular flexibility index (Phi) is 4.45. The minimum absolute atomic E-state index is 0.446. The van der Waals surface area contributed by atoms with Crippen LogP contribution in [0.4, 0.5) is 5.69 Å². The lowest BCUT2D eigenvalue weighted by atomic mass is 10.1. The summed E-state index contributed by atoms with van der Waals surface area (Å²) in [5, 5.41) is 3.69. The van der Waals surface area contributed by atoms with Crippen molar-refractivity contribution in [2.24, 2.45) is 5.73 Å². The molecule has 0 fully saturated rings. The highest BCUT2D eigenvalue weighted by molar-refractivity contribution is 9.10. The zero-order chi connectivity index (χ0) is 13.8. The summed E-state index contributed by atoms with van der Waals surface area (Å²) in [6.07, 6.45) is 0. The van der Waals surface area contributed by atoms with Gasteiger partial charge in [-0.25, -0.2) is 0 Å². The van der Waals surface area contributed by atoms with Gasteiger partial charge in [0.05, 0.1) is 5.02 Å². The summed E-state index contributed by atoms with van der Waals surface area (Å²) < 4.78 is 0.729. The minimum atomic E-state index is -0.601. The van der Waals surface area contributed by atoms with Gasteiger partial charge in [-0.15, -0.1) is 0 Å². The van der Waals surface area contributed by atoms with E-state index >= 15 is 0 Å². The molecule has 0 aliphatic carbocycles. The van der Waals surface area contributed by atoms with E-state index in [1.165, 1.54) is 0 Å². The molecule has 0 saturated heterocycles. The van der Waals surface area contributed by atoms with Crippen LogP contribution in [0.2, 0.25) is 5.02 Å². The summed E-state index contributed by atoms with van der Waals surface area (Å²) in [6.45, 7) is 0. The van der Waals surface area contributed by atoms with Gasteiger partial charge in [0.1, 0.15) is 6.04 Å². The molecule has 1 amide bonds. The van der Waals surface area contributed by atoms with Gasteiger partial charge in [0.2, 0.25) is 5.91 Å². The molecular weight excluding hydrogens is 328 g/mol. The Morgan fingerprint density at radius 3 is 2.47 bits per heavy atom. The van der Waals surface area contributed by atoms with Gasteiger partial charge >= 0.3 is 0 Å². The molecule has 2 aromatic carbocycles. The van der Waals surface area contributed by atoms with E-state index in [1.54, 1.807) is 18.2 Å². The number of hydrogen-bond donors (Lipinski definition) is 2. The molecule has 0 spiro atoms. The van der Waals surface area contributed by atoms with E-state index in [9.17, 15) is 4.79 Å². The highest BCUT2D eigenvalue weighted by Crippen LogP contribution is 2.27. The molecule has 0 radical (unpaired) electrons. The maximum Gasteiger partial charge on any atom is 0.244 e. The second-order valence-electron chi connectivity index (χ2n) is 4.02. The van der Waals surface area contributed by atoms with E-state index < -0.39 is 11.9 Å². The first kappa shape index (κ1) is 13.9. The highest BCUT2D eigenvalue weighted by atomic mass is 79.9. The molecule has 0 aromatic heterocycles. The van der Waals surface area contributed by atoms with Crippen molar-refractivity contribution in [3.63, 3.8) is 0 Å². The van der Waals surface area contributed by atoms with Gasteiger partial charge in [-0.3, -0.25) is 4.79 Å². The van der Waals surface area contributed by atoms with Gasteiger partial charge in [-0.1, -0.05) is 35.9 Å². The van der Waals surface area contributed by atoms with E-state index in [2.05, 4.69) is 21.2 Å². The molecule has 98 valence electrons. The normalized spacial score (nSPS) is 11.9. The molecule has 19 heavy (non-hydrogen) atoms. The molecule has 1 atom stereocenters. The van der Waals surface area contributed by atoms with Crippen LogP contribution < -0.4 is 11.1 Å². The maximum absolute atomic E-state index is 11.6. The predicted molar refractivity (Wildman–Crippen MR) is 81.2 cm³/mol. The van der Waals surface area contributed by atoms with Crippen molar-refractivity contribution in [2.45, 2.75) is 6.04 Å². The quantitative estimate of drug-likeness (QED) is 0.891. The first-order valence-corrected chi connectivity index (χ1v) is 6.81. The zero-order valence-electron chi connectivity index (χ0n) is 9.94. The Labute approximate surface area is 124 Å². The smallest absolute Gasteiger partial charge is 0.244 e. The van der Waals surface area contributed by atoms with Crippen molar-refractivity contribution < 1.29 is 4.79 Å². The Morgan fingerprint density at radius 2 is 1.89 bits per heavy atom. The molecule has 0 heterocycles. The van der Waals surface area contributed by atoms with Crippen LogP contribution in [0.15, 0.2) is 53.0 Å². The number of benzene rings is 2. The van der Waals surface area contributed by atoms with E-state index in [1.807, 2.05) is 30.3 Å². The fourth-order valence-electron chi connectivity index (χ4n) is 1.71. The Balaban J connectivity index is 2.30. The van der Waals surface area contributed by atoms with Crippen molar-refractivity contribution in [2.75, 3.05) is 5.32 Å². The lowest BCUT2D eigenvalue weighted by Gasteiger charge is -2.17. The highest BCUT2D eigenvalue weighted by Gasteiger charge is 2.18. The van der Waals surface area contributed by atoms with Crippen LogP contribution >= 0.6 is 27.5 Å². The first-order valence-electron chi connectivity index (χ1n) is 5.64. The van der Waals surface area contributed by atoms with Crippen molar-refractivity contribution in [3.8, 4) is 0 Å². The number of carbonyl (C=O) groups excluding carboxylic acids is 1. The summed E-state index contributed by atoms with van der Waals surface area (Å²) in [6, 6.07) is 14.1. The van der Waals surface area contributed by atoms with Crippen molar-refractivity contribution >= 4 is 39.1 Å². The zero-order valence-corrected chi connectivity index (χ0v) is 12.3. The number of para-hydroxylation sites is 1. The molecule has 2 aromatic rings. The fourth-order valence-corrected chi connectivity index (χ4v) is 2.23. The third-order valence-electron chi connectivity index (χ3n) is 2.65. The van der Waals surface area contributed by atoms with Crippen LogP contribution in [-0.4, -0.2) is 5.91 Å². The number of hydrogen-bond acceptors (Lipinski definition) is 2. The average molecular weight is 340 g/mol. The van der Waals surface area contributed by atoms with Gasteiger partial charge in [0, 0.05) is 10.2 Å². The van der Waals surface area contributed by atoms with Gasteiger partial charge in [0.25, 0.3) is 0 Å². The van der Waals surface area contributed by atoms with Crippen LogP contribution in [0.3, 0.4) is 0 Å². The first-order chi connectivity index (χ1) is 9.08. The molecule has 5 heteroatoms. The maximum atomic E-state index is 11.6. The molecule has 0 aliphatic heterocycles. The average Bonchev–Trinajstić information content (AvgIpc) is 2.40. The third kappa shape index (κ3) is 3.49. The number of nitrogens with two attached hydrogens (primary N) is 1. The van der Waals surface area contributed by atoms with Crippen molar-refractivity contribution in [3.05, 3.63) is 63.6 Å². The molecule has 0 saturated carbocycles. The summed E-state index contributed by atoms with van der Waals surface area (Å²) in [5.41, 5.74) is 7.04. The van der Waals surface area contributed by atoms with E-state index in [-0.39, 0.29) is 0 Å². The van der Waals surface area contributed by atoms with Crippen LogP contribution in [0, 0.1) is 0 Å². The van der Waals surface area contributed by atoms with Crippen LogP contribution in [0.5, 0.6) is 0 Å². The fraction of sp³-hybridized carbons (Fsp3) is 0.0714. The molecule has 1 unspecified atom stereocenters. The standard InChI is InChI=1S/C14H12BrClN2O/c15-11-8-9(6-7-12(11)16)13(14(17)19)18-10-4-2-1-3-5-10/h1-8,13,18H,(H2,17,19). The number of carbonyl (C=O) groups is 1. The molecule has 3 nitrogen and oxygen atoms in total. The number of amides is 1. The number of halogens is 2. The largest absolute Gasteiger partial charge is 0.370 e. The van der Waals surface area contributed by atoms with Crippen molar-refractivity contribution in [1.82, 2.24) is 0 Å². The molecule has 3 N–H and O–H groups in total. The Morgan fingerprint density at radius 1 is 1.21 bits per heavy atom. The van der Waals surface area contributed by atoms with Crippen LogP contribution in [0.25, 0.3) is 0 Å². The lowest BCUT2D eigenvalue weighted by molar-refractivity contribution is -0.118. The summed E-state index contributed by atoms with van der Waals surface area (Å²) in [5.74, 6) is -0.446. The monoisotopic (exact) mass is 338 g/mol. The number of anilines is 1. The minimum Gasteiger partial charge on any atom is -0.370 e. The Bertz CT molecular complexity index is 589. The predicted octanol–water partition coefficient (Wildman–Crippen LogP) is 3.74. The van der Waals surface area contributed by atoms with E-state index in [0.29, 0.717) is 5.02 Å². The summed E-state index contributed by atoms with van der Waals surface area (Å²) >= 11 is 9.28. The van der Waals surface area contributed by atoms with Gasteiger partial charge < -0.3 is 11.1 Å². The topological polar surface area (TPSA) is 55.1 Å². The van der Waals surface area contributed by atoms with Crippen LogP contribution in [-0.2, 0) is 4.79 Å². The number of rotatable bonds is 4. The summed E-state index contributed by atoms with van der Waals surface area (Å²) in [4.78, 5) is 11.6. The second kappa shape index (κ2) is 6.08. The lowest BCUT2D eigenvalue weighted by Crippen LogP contribution is -2.27. The molecule has 2 rings (SSSR count). The Hall–Kier alpha value is -1.52. The van der Waals surface area contributed by atoms with Gasteiger partial charge in [-0.2, -0.15) is 0 Å². The SMILES string of the molecule is NC(=O)C(Nc1ccccc1)c1ccc(Cl)c(Br)c1. The molecular formula is C14H12BrClN2O. The van der Waals surface area contributed by atoms with Crippen LogP contribution in [0.1, 0.15) is 11.6 Å².